The zero-order chi connectivity index (χ0) is 15.7. The van der Waals surface area contributed by atoms with E-state index in [1.165, 1.54) is 6.07 Å². The van der Waals surface area contributed by atoms with E-state index in [-0.39, 0.29) is 18.0 Å². The predicted octanol–water partition coefficient (Wildman–Crippen LogP) is 3.58. The summed E-state index contributed by atoms with van der Waals surface area (Å²) in [4.78, 5) is 11.0. The molecule has 2 aliphatic rings. The minimum atomic E-state index is -0.717. The number of hydrogen-bond donors (Lipinski definition) is 2. The van der Waals surface area contributed by atoms with Gasteiger partial charge in [-0.3, -0.25) is 4.79 Å². The van der Waals surface area contributed by atoms with Gasteiger partial charge in [0.2, 0.25) is 0 Å². The Kier molecular flexibility index (Phi) is 4.43. The number of aliphatic carboxylic acids is 1. The van der Waals surface area contributed by atoms with Crippen molar-refractivity contribution in [3.63, 3.8) is 0 Å². The topological polar surface area (TPSA) is 49.3 Å². The average molecular weight is 309 g/mol. The molecule has 0 amide bonds. The molecule has 0 spiro atoms. The highest BCUT2D eigenvalue weighted by Gasteiger charge is 2.30. The molecule has 1 saturated carbocycles. The Labute approximate surface area is 128 Å². The molecule has 0 saturated heterocycles. The lowest BCUT2D eigenvalue weighted by atomic mass is 9.83. The Balaban J connectivity index is 1.69. The second-order valence-electron chi connectivity index (χ2n) is 6.45. The molecule has 2 aliphatic carbocycles. The van der Waals surface area contributed by atoms with E-state index >= 15 is 0 Å². The Morgan fingerprint density at radius 1 is 1.14 bits per heavy atom. The maximum absolute atomic E-state index is 13.9. The molecular weight excluding hydrogens is 288 g/mol. The van der Waals surface area contributed by atoms with Crippen LogP contribution in [0.25, 0.3) is 0 Å². The largest absolute Gasteiger partial charge is 0.481 e. The van der Waals surface area contributed by atoms with Crippen molar-refractivity contribution in [1.29, 1.82) is 0 Å². The van der Waals surface area contributed by atoms with E-state index in [1.54, 1.807) is 0 Å². The maximum atomic E-state index is 13.9. The molecule has 3 rings (SSSR count). The number of hydrogen-bond acceptors (Lipinski definition) is 2. The van der Waals surface area contributed by atoms with Gasteiger partial charge in [0, 0.05) is 18.2 Å². The second kappa shape index (κ2) is 6.32. The third-order valence-corrected chi connectivity index (χ3v) is 5.00. The summed E-state index contributed by atoms with van der Waals surface area (Å²) in [6.45, 7) is 0. The molecule has 0 radical (unpaired) electrons. The normalized spacial score (nSPS) is 28.2. The minimum Gasteiger partial charge on any atom is -0.481 e. The van der Waals surface area contributed by atoms with Crippen LogP contribution in [0.4, 0.5) is 8.78 Å². The Morgan fingerprint density at radius 2 is 1.86 bits per heavy atom. The molecule has 0 unspecified atom stereocenters. The number of nitrogens with one attached hydrogen (secondary N) is 1. The lowest BCUT2D eigenvalue weighted by Crippen LogP contribution is -2.38. The fourth-order valence-electron chi connectivity index (χ4n) is 3.80. The van der Waals surface area contributed by atoms with Crippen LogP contribution in [0.15, 0.2) is 12.1 Å². The van der Waals surface area contributed by atoms with Gasteiger partial charge in [-0.25, -0.2) is 8.78 Å². The first kappa shape index (κ1) is 15.4. The molecule has 0 heterocycles. The van der Waals surface area contributed by atoms with Crippen molar-refractivity contribution < 1.29 is 18.7 Å². The van der Waals surface area contributed by atoms with E-state index in [9.17, 15) is 13.6 Å². The van der Waals surface area contributed by atoms with Gasteiger partial charge in [0.15, 0.2) is 0 Å². The first-order valence-corrected chi connectivity index (χ1v) is 8.01. The molecule has 22 heavy (non-hydrogen) atoms. The van der Waals surface area contributed by atoms with Crippen molar-refractivity contribution in [3.05, 3.63) is 34.9 Å². The van der Waals surface area contributed by atoms with Crippen molar-refractivity contribution in [1.82, 2.24) is 5.32 Å². The standard InChI is InChI=1S/C17H21F2NO2/c18-11-8-14-13(15(19)9-11)2-1-3-16(14)20-12-6-4-10(5-7-12)17(21)22/h8-10,12,16,20H,1-7H2,(H,21,22)/t10?,12?,16-/m1/s1. The lowest BCUT2D eigenvalue weighted by Gasteiger charge is -2.34. The van der Waals surface area contributed by atoms with E-state index in [4.69, 9.17) is 5.11 Å². The van der Waals surface area contributed by atoms with Crippen LogP contribution in [0, 0.1) is 17.6 Å². The van der Waals surface area contributed by atoms with Crippen LogP contribution < -0.4 is 5.32 Å². The number of halogens is 2. The van der Waals surface area contributed by atoms with Crippen LogP contribution >= 0.6 is 0 Å². The predicted molar refractivity (Wildman–Crippen MR) is 78.6 cm³/mol. The van der Waals surface area contributed by atoms with Gasteiger partial charge in [0.1, 0.15) is 11.6 Å². The number of benzene rings is 1. The zero-order valence-corrected chi connectivity index (χ0v) is 12.4. The van der Waals surface area contributed by atoms with Gasteiger partial charge in [0.05, 0.1) is 5.92 Å². The summed E-state index contributed by atoms with van der Waals surface area (Å²) in [5.74, 6) is -1.94. The van der Waals surface area contributed by atoms with Crippen LogP contribution in [0.3, 0.4) is 0 Å². The SMILES string of the molecule is O=C(O)C1CCC(N[C@@H]2CCCc3c(F)cc(F)cc32)CC1. The molecule has 1 fully saturated rings. The molecule has 1 aromatic rings. The van der Waals surface area contributed by atoms with Crippen LogP contribution in [0.1, 0.15) is 55.7 Å². The van der Waals surface area contributed by atoms with E-state index in [2.05, 4.69) is 5.32 Å². The van der Waals surface area contributed by atoms with E-state index < -0.39 is 17.6 Å². The van der Waals surface area contributed by atoms with Crippen molar-refractivity contribution in [3.8, 4) is 0 Å². The Hall–Kier alpha value is -1.49. The molecular formula is C17H21F2NO2. The molecule has 0 aromatic heterocycles. The van der Waals surface area contributed by atoms with Gasteiger partial charge in [-0.1, -0.05) is 0 Å². The summed E-state index contributed by atoms with van der Waals surface area (Å²) in [6, 6.07) is 2.61. The van der Waals surface area contributed by atoms with Crippen molar-refractivity contribution >= 4 is 5.97 Å². The molecule has 3 nitrogen and oxygen atoms in total. The summed E-state index contributed by atoms with van der Waals surface area (Å²) in [6.07, 6.45) is 5.37. The molecule has 5 heteroatoms. The van der Waals surface area contributed by atoms with E-state index in [1.807, 2.05) is 0 Å². The highest BCUT2D eigenvalue weighted by atomic mass is 19.1. The summed E-state index contributed by atoms with van der Waals surface area (Å²) < 4.78 is 27.4. The van der Waals surface area contributed by atoms with Gasteiger partial charge >= 0.3 is 5.97 Å². The molecule has 1 aromatic carbocycles. The maximum Gasteiger partial charge on any atom is 0.306 e. The zero-order valence-electron chi connectivity index (χ0n) is 12.4. The number of carboxylic acids is 1. The van der Waals surface area contributed by atoms with Crippen molar-refractivity contribution in [2.45, 2.75) is 57.0 Å². The Morgan fingerprint density at radius 3 is 2.55 bits per heavy atom. The monoisotopic (exact) mass is 309 g/mol. The lowest BCUT2D eigenvalue weighted by molar-refractivity contribution is -0.142. The van der Waals surface area contributed by atoms with Crippen molar-refractivity contribution in [2.75, 3.05) is 0 Å². The molecule has 2 N–H and O–H groups in total. The van der Waals surface area contributed by atoms with Gasteiger partial charge < -0.3 is 10.4 Å². The fourth-order valence-corrected chi connectivity index (χ4v) is 3.80. The minimum absolute atomic E-state index is 0.0275. The summed E-state index contributed by atoms with van der Waals surface area (Å²) >= 11 is 0. The summed E-state index contributed by atoms with van der Waals surface area (Å²) in [5.41, 5.74) is 1.37. The number of fused-ring (bicyclic) bond motifs is 1. The van der Waals surface area contributed by atoms with Gasteiger partial charge in [-0.15, -0.1) is 0 Å². The van der Waals surface area contributed by atoms with Gasteiger partial charge in [-0.2, -0.15) is 0 Å². The fraction of sp³-hybridized carbons (Fsp3) is 0.588. The van der Waals surface area contributed by atoms with Crippen LogP contribution in [-0.2, 0) is 11.2 Å². The van der Waals surface area contributed by atoms with Gasteiger partial charge in [-0.05, 0) is 62.1 Å². The highest BCUT2D eigenvalue weighted by Crippen LogP contribution is 2.34. The number of carboxylic acid groups (broad SMARTS) is 1. The van der Waals surface area contributed by atoms with Gasteiger partial charge in [0.25, 0.3) is 0 Å². The summed E-state index contributed by atoms with van der Waals surface area (Å²) in [7, 11) is 0. The first-order valence-electron chi connectivity index (χ1n) is 8.01. The molecule has 1 atom stereocenters. The number of carbonyl (C=O) groups is 1. The van der Waals surface area contributed by atoms with E-state index in [0.717, 1.165) is 37.3 Å². The molecule has 120 valence electrons. The summed E-state index contributed by atoms with van der Waals surface area (Å²) in [5, 5.41) is 12.5. The van der Waals surface area contributed by atoms with Crippen molar-refractivity contribution in [2.24, 2.45) is 5.92 Å². The molecule has 0 aliphatic heterocycles. The third kappa shape index (κ3) is 3.14. The second-order valence-corrected chi connectivity index (χ2v) is 6.45. The van der Waals surface area contributed by atoms with Crippen LogP contribution in [0.2, 0.25) is 0 Å². The Bertz CT molecular complexity index is 568. The van der Waals surface area contributed by atoms with E-state index in [0.29, 0.717) is 24.8 Å². The first-order chi connectivity index (χ1) is 10.5. The number of rotatable bonds is 3. The smallest absolute Gasteiger partial charge is 0.306 e. The van der Waals surface area contributed by atoms with Crippen LogP contribution in [-0.4, -0.2) is 17.1 Å². The third-order valence-electron chi connectivity index (χ3n) is 5.00. The highest BCUT2D eigenvalue weighted by molar-refractivity contribution is 5.70. The molecule has 0 bridgehead atoms. The van der Waals surface area contributed by atoms with Crippen LogP contribution in [0.5, 0.6) is 0 Å². The quantitative estimate of drug-likeness (QED) is 0.897. The average Bonchev–Trinajstić information content (AvgIpc) is 2.48.